The first-order valence-corrected chi connectivity index (χ1v) is 7.85. The summed E-state index contributed by atoms with van der Waals surface area (Å²) in [5, 5.41) is 10.1. The zero-order chi connectivity index (χ0) is 15.1. The van der Waals surface area contributed by atoms with Gasteiger partial charge in [-0.15, -0.1) is 0 Å². The normalized spacial score (nSPS) is 25.4. The standard InChI is InChI=1S/C13H16FN3O3S/c14-12-9-4-3-8(15)2-1-7(9)5-10(18)13(12)17-6-11(19)16-21(17)20/h5,8,18H,1-4,6,15H2,(H,16,19). The second-order valence-electron chi connectivity index (χ2n) is 5.34. The quantitative estimate of drug-likeness (QED) is 0.648. The summed E-state index contributed by atoms with van der Waals surface area (Å²) in [6.45, 7) is -0.241. The third kappa shape index (κ3) is 2.49. The Labute approximate surface area is 123 Å². The smallest absolute Gasteiger partial charge is 0.253 e. The highest BCUT2D eigenvalue weighted by atomic mass is 32.2. The van der Waals surface area contributed by atoms with E-state index in [4.69, 9.17) is 5.73 Å². The lowest BCUT2D eigenvalue weighted by atomic mass is 10.0. The molecule has 0 bridgehead atoms. The lowest BCUT2D eigenvalue weighted by molar-refractivity contribution is -0.117. The fourth-order valence-corrected chi connectivity index (χ4v) is 3.74. The second-order valence-corrected chi connectivity index (χ2v) is 6.49. The number of aromatic hydroxyl groups is 1. The highest BCUT2D eigenvalue weighted by Gasteiger charge is 2.33. The van der Waals surface area contributed by atoms with Gasteiger partial charge in [-0.2, -0.15) is 0 Å². The number of aryl methyl sites for hydroxylation is 1. The van der Waals surface area contributed by atoms with E-state index in [2.05, 4.69) is 4.72 Å². The highest BCUT2D eigenvalue weighted by Crippen LogP contribution is 2.38. The fraction of sp³-hybridized carbons (Fsp3) is 0.462. The number of benzene rings is 1. The molecule has 1 aliphatic heterocycles. The molecule has 4 N–H and O–H groups in total. The van der Waals surface area contributed by atoms with Crippen molar-refractivity contribution < 1.29 is 18.5 Å². The van der Waals surface area contributed by atoms with Crippen LogP contribution in [-0.4, -0.2) is 27.8 Å². The van der Waals surface area contributed by atoms with Crippen molar-refractivity contribution in [3.8, 4) is 5.75 Å². The molecule has 1 saturated heterocycles. The van der Waals surface area contributed by atoms with Gasteiger partial charge in [0.1, 0.15) is 18.0 Å². The molecule has 1 heterocycles. The van der Waals surface area contributed by atoms with E-state index in [9.17, 15) is 18.5 Å². The topological polar surface area (TPSA) is 95.7 Å². The largest absolute Gasteiger partial charge is 0.506 e. The van der Waals surface area contributed by atoms with Crippen LogP contribution in [0.2, 0.25) is 0 Å². The predicted octanol–water partition coefficient (Wildman–Crippen LogP) is 0.252. The summed E-state index contributed by atoms with van der Waals surface area (Å²) in [5.41, 5.74) is 6.94. The maximum Gasteiger partial charge on any atom is 0.253 e. The van der Waals surface area contributed by atoms with Gasteiger partial charge < -0.3 is 10.8 Å². The number of hydrogen-bond acceptors (Lipinski definition) is 4. The monoisotopic (exact) mass is 313 g/mol. The lowest BCUT2D eigenvalue weighted by Gasteiger charge is -2.19. The van der Waals surface area contributed by atoms with Crippen molar-refractivity contribution in [2.45, 2.75) is 31.7 Å². The van der Waals surface area contributed by atoms with Crippen molar-refractivity contribution in [2.75, 3.05) is 10.8 Å². The molecular weight excluding hydrogens is 297 g/mol. The van der Waals surface area contributed by atoms with Gasteiger partial charge in [-0.05, 0) is 42.9 Å². The Morgan fingerprint density at radius 2 is 2.14 bits per heavy atom. The van der Waals surface area contributed by atoms with Crippen LogP contribution in [0.1, 0.15) is 24.0 Å². The number of nitrogens with two attached hydrogens (primary N) is 1. The Morgan fingerprint density at radius 3 is 2.81 bits per heavy atom. The number of nitrogens with zero attached hydrogens (tertiary/aromatic N) is 1. The highest BCUT2D eigenvalue weighted by molar-refractivity contribution is 7.85. The van der Waals surface area contributed by atoms with Crippen LogP contribution in [0.5, 0.6) is 5.75 Å². The van der Waals surface area contributed by atoms with Gasteiger partial charge in [0, 0.05) is 6.04 Å². The molecule has 1 aliphatic carbocycles. The Hall–Kier alpha value is -1.67. The first-order chi connectivity index (χ1) is 9.97. The van der Waals surface area contributed by atoms with Crippen LogP contribution in [0.25, 0.3) is 0 Å². The molecule has 8 heteroatoms. The summed E-state index contributed by atoms with van der Waals surface area (Å²) in [7, 11) is 0. The molecule has 2 atom stereocenters. The second kappa shape index (κ2) is 5.27. The summed E-state index contributed by atoms with van der Waals surface area (Å²) in [5.74, 6) is -1.38. The van der Waals surface area contributed by atoms with E-state index in [1.54, 1.807) is 0 Å². The molecule has 0 aromatic heterocycles. The van der Waals surface area contributed by atoms with Gasteiger partial charge in [0.15, 0.2) is 5.82 Å². The van der Waals surface area contributed by atoms with Gasteiger partial charge in [-0.1, -0.05) is 0 Å². The van der Waals surface area contributed by atoms with Crippen molar-refractivity contribution in [3.05, 3.63) is 23.0 Å². The minimum absolute atomic E-state index is 0.00607. The van der Waals surface area contributed by atoms with Crippen molar-refractivity contribution >= 4 is 22.8 Å². The first-order valence-electron chi connectivity index (χ1n) is 6.75. The first kappa shape index (κ1) is 14.3. The molecule has 1 aromatic rings. The number of halogens is 1. The van der Waals surface area contributed by atoms with E-state index in [1.165, 1.54) is 6.07 Å². The minimum Gasteiger partial charge on any atom is -0.506 e. The zero-order valence-corrected chi connectivity index (χ0v) is 12.1. The molecule has 2 unspecified atom stereocenters. The van der Waals surface area contributed by atoms with Crippen LogP contribution < -0.4 is 14.8 Å². The summed E-state index contributed by atoms with van der Waals surface area (Å²) >= 11 is -1.87. The molecule has 0 saturated carbocycles. The Bertz CT molecular complexity index is 638. The maximum absolute atomic E-state index is 14.8. The molecule has 0 spiro atoms. The Morgan fingerprint density at radius 1 is 1.43 bits per heavy atom. The number of carbonyl (C=O) groups is 1. The molecule has 3 rings (SSSR count). The number of phenolic OH excluding ortho intramolecular Hbond substituents is 1. The van der Waals surface area contributed by atoms with Crippen molar-refractivity contribution in [2.24, 2.45) is 5.73 Å². The van der Waals surface area contributed by atoms with Crippen LogP contribution in [0, 0.1) is 5.82 Å². The third-order valence-corrected chi connectivity index (χ3v) is 5.02. The Balaban J connectivity index is 2.07. The van der Waals surface area contributed by atoms with E-state index >= 15 is 0 Å². The number of rotatable bonds is 1. The lowest BCUT2D eigenvalue weighted by Crippen LogP contribution is -2.24. The van der Waals surface area contributed by atoms with E-state index in [0.717, 1.165) is 16.3 Å². The average molecular weight is 313 g/mol. The Kier molecular flexibility index (Phi) is 3.58. The summed E-state index contributed by atoms with van der Waals surface area (Å²) in [6.07, 6.45) is 2.47. The minimum atomic E-state index is -1.87. The van der Waals surface area contributed by atoms with Crippen molar-refractivity contribution in [3.63, 3.8) is 0 Å². The number of nitrogens with one attached hydrogen (secondary N) is 1. The summed E-state index contributed by atoms with van der Waals surface area (Å²) < 4.78 is 29.8. The molecule has 1 amide bonds. The van der Waals surface area contributed by atoms with E-state index in [-0.39, 0.29) is 24.0 Å². The molecule has 21 heavy (non-hydrogen) atoms. The number of fused-ring (bicyclic) bond motifs is 1. The third-order valence-electron chi connectivity index (χ3n) is 3.90. The molecule has 2 aliphatic rings. The van der Waals surface area contributed by atoms with E-state index in [1.807, 2.05) is 0 Å². The summed E-state index contributed by atoms with van der Waals surface area (Å²) in [6, 6.07) is 1.50. The molecular formula is C13H16FN3O3S. The number of phenols is 1. The van der Waals surface area contributed by atoms with E-state index < -0.39 is 22.9 Å². The van der Waals surface area contributed by atoms with Crippen LogP contribution >= 0.6 is 0 Å². The molecule has 0 radical (unpaired) electrons. The molecule has 6 nitrogen and oxygen atoms in total. The SMILES string of the molecule is NC1CCc2cc(O)c(N3CC(=O)NS3=O)c(F)c2CC1. The van der Waals surface area contributed by atoms with Gasteiger partial charge >= 0.3 is 0 Å². The van der Waals surface area contributed by atoms with Crippen LogP contribution in [0.4, 0.5) is 10.1 Å². The summed E-state index contributed by atoms with van der Waals surface area (Å²) in [4.78, 5) is 11.3. The van der Waals surface area contributed by atoms with Crippen LogP contribution in [-0.2, 0) is 28.8 Å². The van der Waals surface area contributed by atoms with Gasteiger partial charge in [-0.3, -0.25) is 13.8 Å². The maximum atomic E-state index is 14.8. The molecule has 1 fully saturated rings. The predicted molar refractivity (Wildman–Crippen MR) is 76.3 cm³/mol. The number of hydrogen-bond donors (Lipinski definition) is 3. The van der Waals surface area contributed by atoms with Crippen molar-refractivity contribution in [1.29, 1.82) is 0 Å². The van der Waals surface area contributed by atoms with Gasteiger partial charge in [0.25, 0.3) is 5.91 Å². The number of carbonyl (C=O) groups excluding carboxylic acids is 1. The average Bonchev–Trinajstić information content (AvgIpc) is 2.62. The molecule has 1 aromatic carbocycles. The van der Waals surface area contributed by atoms with Gasteiger partial charge in [0.2, 0.25) is 11.2 Å². The zero-order valence-electron chi connectivity index (χ0n) is 11.3. The van der Waals surface area contributed by atoms with Crippen LogP contribution in [0.3, 0.4) is 0 Å². The van der Waals surface area contributed by atoms with E-state index in [0.29, 0.717) is 24.8 Å². The number of anilines is 1. The number of amides is 1. The fourth-order valence-electron chi connectivity index (χ4n) is 2.80. The van der Waals surface area contributed by atoms with Crippen molar-refractivity contribution in [1.82, 2.24) is 4.72 Å². The van der Waals surface area contributed by atoms with Crippen LogP contribution in [0.15, 0.2) is 6.07 Å². The van der Waals surface area contributed by atoms with Gasteiger partial charge in [0.05, 0.1) is 0 Å². The van der Waals surface area contributed by atoms with Gasteiger partial charge in [-0.25, -0.2) is 8.60 Å². The molecule has 114 valence electrons.